The van der Waals surface area contributed by atoms with Gasteiger partial charge < -0.3 is 0 Å². The van der Waals surface area contributed by atoms with Crippen molar-refractivity contribution >= 4 is 17.5 Å². The van der Waals surface area contributed by atoms with Gasteiger partial charge in [-0.25, -0.2) is 9.78 Å². The zero-order chi connectivity index (χ0) is 17.5. The molecule has 0 fully saturated rings. The summed E-state index contributed by atoms with van der Waals surface area (Å²) in [5, 5.41) is 0. The predicted molar refractivity (Wildman–Crippen MR) is 95.3 cm³/mol. The van der Waals surface area contributed by atoms with Gasteiger partial charge in [-0.2, -0.15) is 0 Å². The Kier molecular flexibility index (Phi) is 3.87. The Balaban J connectivity index is 2.17. The molecule has 0 unspecified atom stereocenters. The highest BCUT2D eigenvalue weighted by Gasteiger charge is 2.18. The molecule has 0 spiro atoms. The van der Waals surface area contributed by atoms with Crippen LogP contribution >= 0.6 is 0 Å². The quantitative estimate of drug-likeness (QED) is 0.695. The van der Waals surface area contributed by atoms with Gasteiger partial charge in [-0.1, -0.05) is 39.0 Å². The number of carbonyl (C=O) groups excluding carboxylic acids is 1. The molecular formula is C19H21N3O2. The first-order valence-corrected chi connectivity index (χ1v) is 7.92. The SMILES string of the molecule is Cn1c(=O)n(CC(C)(C)C)c2ccc(-c3cccc(C=O)c3)nc21. The molecule has 24 heavy (non-hydrogen) atoms. The molecule has 0 aliphatic rings. The van der Waals surface area contributed by atoms with Crippen LogP contribution in [0, 0.1) is 5.41 Å². The summed E-state index contributed by atoms with van der Waals surface area (Å²) >= 11 is 0. The Hall–Kier alpha value is -2.69. The standard InChI is InChI=1S/C19H21N3O2/c1-19(2,3)12-22-16-9-8-15(20-17(16)21(4)18(22)24)14-7-5-6-13(10-14)11-23/h5-11H,12H2,1-4H3. The van der Waals surface area contributed by atoms with E-state index < -0.39 is 0 Å². The number of hydrogen-bond donors (Lipinski definition) is 0. The molecule has 0 bridgehead atoms. The van der Waals surface area contributed by atoms with Crippen LogP contribution < -0.4 is 5.69 Å². The Morgan fingerprint density at radius 2 is 1.92 bits per heavy atom. The van der Waals surface area contributed by atoms with Crippen LogP contribution in [-0.4, -0.2) is 20.4 Å². The molecule has 5 heteroatoms. The zero-order valence-electron chi connectivity index (χ0n) is 14.4. The number of carbonyl (C=O) groups is 1. The Morgan fingerprint density at radius 3 is 2.58 bits per heavy atom. The average Bonchev–Trinajstić information content (AvgIpc) is 2.78. The lowest BCUT2D eigenvalue weighted by molar-refractivity contribution is 0.112. The van der Waals surface area contributed by atoms with Gasteiger partial charge in [0.25, 0.3) is 0 Å². The van der Waals surface area contributed by atoms with E-state index in [2.05, 4.69) is 25.8 Å². The zero-order valence-corrected chi connectivity index (χ0v) is 14.4. The number of pyridine rings is 1. The van der Waals surface area contributed by atoms with E-state index in [-0.39, 0.29) is 11.1 Å². The van der Waals surface area contributed by atoms with Crippen molar-refractivity contribution in [2.75, 3.05) is 0 Å². The van der Waals surface area contributed by atoms with Crippen LogP contribution in [0.2, 0.25) is 0 Å². The van der Waals surface area contributed by atoms with Crippen LogP contribution in [0.25, 0.3) is 22.4 Å². The van der Waals surface area contributed by atoms with Gasteiger partial charge in [-0.3, -0.25) is 13.9 Å². The summed E-state index contributed by atoms with van der Waals surface area (Å²) in [6, 6.07) is 11.1. The number of hydrogen-bond acceptors (Lipinski definition) is 3. The molecule has 0 aliphatic heterocycles. The van der Waals surface area contributed by atoms with Crippen molar-refractivity contribution in [1.82, 2.24) is 14.1 Å². The molecule has 3 rings (SSSR count). The van der Waals surface area contributed by atoms with Crippen molar-refractivity contribution < 1.29 is 4.79 Å². The number of aldehydes is 1. The first-order chi connectivity index (χ1) is 11.3. The van der Waals surface area contributed by atoms with Gasteiger partial charge in [0.05, 0.1) is 11.2 Å². The van der Waals surface area contributed by atoms with Crippen molar-refractivity contribution in [3.8, 4) is 11.3 Å². The summed E-state index contributed by atoms with van der Waals surface area (Å²) in [5.41, 5.74) is 3.62. The van der Waals surface area contributed by atoms with Gasteiger partial charge in [-0.05, 0) is 23.6 Å². The third kappa shape index (κ3) is 2.89. The number of rotatable bonds is 3. The van der Waals surface area contributed by atoms with E-state index in [0.29, 0.717) is 17.8 Å². The highest BCUT2D eigenvalue weighted by molar-refractivity contribution is 5.80. The highest BCUT2D eigenvalue weighted by atomic mass is 16.1. The van der Waals surface area contributed by atoms with Crippen LogP contribution in [-0.2, 0) is 13.6 Å². The Labute approximate surface area is 140 Å². The Bertz CT molecular complexity index is 974. The van der Waals surface area contributed by atoms with Crippen LogP contribution in [0.1, 0.15) is 31.1 Å². The molecule has 0 amide bonds. The summed E-state index contributed by atoms with van der Waals surface area (Å²) in [5.74, 6) is 0. The van der Waals surface area contributed by atoms with E-state index in [4.69, 9.17) is 0 Å². The van der Waals surface area contributed by atoms with Crippen LogP contribution in [0.4, 0.5) is 0 Å². The first kappa shape index (κ1) is 16.2. The van der Waals surface area contributed by atoms with Gasteiger partial charge in [0, 0.05) is 24.7 Å². The molecule has 2 aromatic heterocycles. The molecule has 124 valence electrons. The minimum Gasteiger partial charge on any atom is -0.298 e. The molecule has 0 saturated carbocycles. The maximum atomic E-state index is 12.6. The molecule has 0 N–H and O–H groups in total. The second-order valence-corrected chi connectivity index (χ2v) is 7.27. The van der Waals surface area contributed by atoms with Gasteiger partial charge in [0.15, 0.2) is 5.65 Å². The molecule has 0 atom stereocenters. The maximum Gasteiger partial charge on any atom is 0.330 e. The van der Waals surface area contributed by atoms with Crippen molar-refractivity contribution in [2.45, 2.75) is 27.3 Å². The maximum absolute atomic E-state index is 12.6. The molecule has 0 saturated heterocycles. The fourth-order valence-electron chi connectivity index (χ4n) is 2.83. The van der Waals surface area contributed by atoms with Gasteiger partial charge in [-0.15, -0.1) is 0 Å². The van der Waals surface area contributed by atoms with Crippen molar-refractivity contribution in [1.29, 1.82) is 0 Å². The summed E-state index contributed by atoms with van der Waals surface area (Å²) in [6.07, 6.45) is 0.817. The lowest BCUT2D eigenvalue weighted by Crippen LogP contribution is -2.27. The largest absolute Gasteiger partial charge is 0.330 e. The van der Waals surface area contributed by atoms with Crippen LogP contribution in [0.3, 0.4) is 0 Å². The average molecular weight is 323 g/mol. The fourth-order valence-corrected chi connectivity index (χ4v) is 2.83. The summed E-state index contributed by atoms with van der Waals surface area (Å²) in [6.45, 7) is 6.94. The minimum atomic E-state index is -0.0637. The lowest BCUT2D eigenvalue weighted by atomic mass is 9.97. The van der Waals surface area contributed by atoms with E-state index in [1.807, 2.05) is 24.3 Å². The normalized spacial score (nSPS) is 11.8. The third-order valence-electron chi connectivity index (χ3n) is 3.93. The monoisotopic (exact) mass is 323 g/mol. The highest BCUT2D eigenvalue weighted by Crippen LogP contribution is 2.23. The number of fused-ring (bicyclic) bond motifs is 1. The van der Waals surface area contributed by atoms with Gasteiger partial charge >= 0.3 is 5.69 Å². The smallest absolute Gasteiger partial charge is 0.298 e. The molecule has 3 aromatic rings. The lowest BCUT2D eigenvalue weighted by Gasteiger charge is -2.18. The topological polar surface area (TPSA) is 56.9 Å². The van der Waals surface area contributed by atoms with Crippen molar-refractivity contribution in [2.24, 2.45) is 12.5 Å². The van der Waals surface area contributed by atoms with Gasteiger partial charge in [0.2, 0.25) is 0 Å². The second-order valence-electron chi connectivity index (χ2n) is 7.27. The molecule has 0 radical (unpaired) electrons. The Morgan fingerprint density at radius 1 is 1.17 bits per heavy atom. The number of nitrogens with zero attached hydrogens (tertiary/aromatic N) is 3. The molecular weight excluding hydrogens is 302 g/mol. The van der Waals surface area contributed by atoms with E-state index in [0.717, 1.165) is 23.1 Å². The van der Waals surface area contributed by atoms with E-state index in [1.54, 1.807) is 28.3 Å². The number of imidazole rings is 1. The van der Waals surface area contributed by atoms with E-state index >= 15 is 0 Å². The molecule has 0 aliphatic carbocycles. The first-order valence-electron chi connectivity index (χ1n) is 7.92. The minimum absolute atomic E-state index is 0.00489. The second kappa shape index (κ2) is 5.74. The van der Waals surface area contributed by atoms with Gasteiger partial charge in [0.1, 0.15) is 6.29 Å². The number of benzene rings is 1. The van der Waals surface area contributed by atoms with Crippen molar-refractivity contribution in [3.63, 3.8) is 0 Å². The summed E-state index contributed by atoms with van der Waals surface area (Å²) < 4.78 is 3.35. The number of aryl methyl sites for hydroxylation is 1. The molecule has 2 heterocycles. The molecule has 5 nitrogen and oxygen atoms in total. The summed E-state index contributed by atoms with van der Waals surface area (Å²) in [4.78, 5) is 28.2. The third-order valence-corrected chi connectivity index (χ3v) is 3.93. The van der Waals surface area contributed by atoms with Crippen LogP contribution in [0.5, 0.6) is 0 Å². The van der Waals surface area contributed by atoms with E-state index in [1.165, 1.54) is 0 Å². The predicted octanol–water partition coefficient (Wildman–Crippen LogP) is 3.26. The number of aromatic nitrogens is 3. The summed E-state index contributed by atoms with van der Waals surface area (Å²) in [7, 11) is 1.74. The molecule has 1 aromatic carbocycles. The fraction of sp³-hybridized carbons (Fsp3) is 0.316. The van der Waals surface area contributed by atoms with E-state index in [9.17, 15) is 9.59 Å². The van der Waals surface area contributed by atoms with Crippen molar-refractivity contribution in [3.05, 3.63) is 52.4 Å². The van der Waals surface area contributed by atoms with Crippen LogP contribution in [0.15, 0.2) is 41.2 Å².